The second kappa shape index (κ2) is 4.42. The van der Waals surface area contributed by atoms with Crippen LogP contribution in [0.1, 0.15) is 27.0 Å². The van der Waals surface area contributed by atoms with Gasteiger partial charge in [0, 0.05) is 16.8 Å². The molecule has 2 aromatic carbocycles. The van der Waals surface area contributed by atoms with E-state index in [1.54, 1.807) is 6.07 Å². The summed E-state index contributed by atoms with van der Waals surface area (Å²) in [6.07, 6.45) is 0. The molecule has 0 unspecified atom stereocenters. The SMILES string of the molecule is Cc1ccc(C(=O)c2c(C)cccc2N)cc1. The van der Waals surface area contributed by atoms with Gasteiger partial charge in [0.25, 0.3) is 0 Å². The van der Waals surface area contributed by atoms with Crippen LogP contribution in [0.15, 0.2) is 42.5 Å². The van der Waals surface area contributed by atoms with Gasteiger partial charge in [0.1, 0.15) is 0 Å². The molecule has 0 bridgehead atoms. The first kappa shape index (κ1) is 11.4. The van der Waals surface area contributed by atoms with Crippen molar-refractivity contribution in [1.29, 1.82) is 0 Å². The summed E-state index contributed by atoms with van der Waals surface area (Å²) < 4.78 is 0. The highest BCUT2D eigenvalue weighted by atomic mass is 16.1. The predicted molar refractivity (Wildman–Crippen MR) is 70.2 cm³/mol. The smallest absolute Gasteiger partial charge is 0.195 e. The van der Waals surface area contributed by atoms with Crippen molar-refractivity contribution in [3.05, 3.63) is 64.7 Å². The Labute approximate surface area is 101 Å². The zero-order chi connectivity index (χ0) is 12.4. The van der Waals surface area contributed by atoms with Gasteiger partial charge in [-0.2, -0.15) is 0 Å². The number of hydrogen-bond acceptors (Lipinski definition) is 2. The Bertz CT molecular complexity index is 535. The van der Waals surface area contributed by atoms with Crippen LogP contribution in [0.3, 0.4) is 0 Å². The molecule has 0 aliphatic heterocycles. The summed E-state index contributed by atoms with van der Waals surface area (Å²) in [6.45, 7) is 3.90. The number of carbonyl (C=O) groups excluding carboxylic acids is 1. The van der Waals surface area contributed by atoms with Crippen molar-refractivity contribution in [1.82, 2.24) is 0 Å². The van der Waals surface area contributed by atoms with Crippen LogP contribution in [-0.2, 0) is 0 Å². The molecular formula is C15H15NO. The van der Waals surface area contributed by atoms with E-state index >= 15 is 0 Å². The first-order valence-electron chi connectivity index (χ1n) is 5.56. The van der Waals surface area contributed by atoms with Gasteiger partial charge in [-0.05, 0) is 25.5 Å². The highest BCUT2D eigenvalue weighted by Gasteiger charge is 2.14. The fraction of sp³-hybridized carbons (Fsp3) is 0.133. The Hall–Kier alpha value is -2.09. The Morgan fingerprint density at radius 3 is 2.24 bits per heavy atom. The number of rotatable bonds is 2. The van der Waals surface area contributed by atoms with Crippen LogP contribution < -0.4 is 5.73 Å². The van der Waals surface area contributed by atoms with Crippen LogP contribution in [0.2, 0.25) is 0 Å². The summed E-state index contributed by atoms with van der Waals surface area (Å²) in [7, 11) is 0. The molecule has 0 aliphatic carbocycles. The van der Waals surface area contributed by atoms with Crippen LogP contribution in [0.4, 0.5) is 5.69 Å². The molecule has 0 fully saturated rings. The lowest BCUT2D eigenvalue weighted by Crippen LogP contribution is -2.07. The van der Waals surface area contributed by atoms with E-state index in [1.807, 2.05) is 50.2 Å². The minimum Gasteiger partial charge on any atom is -0.398 e. The van der Waals surface area contributed by atoms with E-state index in [2.05, 4.69) is 0 Å². The van der Waals surface area contributed by atoms with E-state index in [0.717, 1.165) is 11.1 Å². The number of aryl methyl sites for hydroxylation is 2. The zero-order valence-corrected chi connectivity index (χ0v) is 10.0. The van der Waals surface area contributed by atoms with Crippen molar-refractivity contribution < 1.29 is 4.79 Å². The van der Waals surface area contributed by atoms with E-state index in [1.165, 1.54) is 0 Å². The summed E-state index contributed by atoms with van der Waals surface area (Å²) in [6, 6.07) is 13.1. The van der Waals surface area contributed by atoms with E-state index in [9.17, 15) is 4.79 Å². The second-order valence-electron chi connectivity index (χ2n) is 4.23. The Kier molecular flexibility index (Phi) is 2.96. The van der Waals surface area contributed by atoms with Gasteiger partial charge in [-0.15, -0.1) is 0 Å². The molecule has 0 amide bonds. The molecule has 0 aliphatic rings. The summed E-state index contributed by atoms with van der Waals surface area (Å²) in [5, 5.41) is 0. The standard InChI is InChI=1S/C15H15NO/c1-10-6-8-12(9-7-10)15(17)14-11(2)4-3-5-13(14)16/h3-9H,16H2,1-2H3. The summed E-state index contributed by atoms with van der Waals surface area (Å²) in [4.78, 5) is 12.3. The number of anilines is 1. The fourth-order valence-corrected chi connectivity index (χ4v) is 1.85. The van der Waals surface area contributed by atoms with Gasteiger partial charge in [0.2, 0.25) is 0 Å². The quantitative estimate of drug-likeness (QED) is 0.630. The number of nitrogen functional groups attached to an aromatic ring is 1. The second-order valence-corrected chi connectivity index (χ2v) is 4.23. The lowest BCUT2D eigenvalue weighted by Gasteiger charge is -2.08. The summed E-state index contributed by atoms with van der Waals surface area (Å²) in [5.41, 5.74) is 9.74. The highest BCUT2D eigenvalue weighted by Crippen LogP contribution is 2.20. The molecule has 0 radical (unpaired) electrons. The summed E-state index contributed by atoms with van der Waals surface area (Å²) in [5.74, 6) is -0.0133. The molecule has 0 spiro atoms. The highest BCUT2D eigenvalue weighted by molar-refractivity contribution is 6.13. The predicted octanol–water partition coefficient (Wildman–Crippen LogP) is 3.12. The Morgan fingerprint density at radius 1 is 1.00 bits per heavy atom. The van der Waals surface area contributed by atoms with Crippen molar-refractivity contribution >= 4 is 11.5 Å². The number of ketones is 1. The molecule has 2 heteroatoms. The van der Waals surface area contributed by atoms with Crippen molar-refractivity contribution in [3.63, 3.8) is 0 Å². The minimum absolute atomic E-state index is 0.0133. The largest absolute Gasteiger partial charge is 0.398 e. The molecule has 86 valence electrons. The first-order chi connectivity index (χ1) is 8.09. The van der Waals surface area contributed by atoms with Gasteiger partial charge >= 0.3 is 0 Å². The molecule has 2 N–H and O–H groups in total. The molecule has 2 rings (SSSR count). The van der Waals surface area contributed by atoms with Crippen LogP contribution in [-0.4, -0.2) is 5.78 Å². The molecule has 2 nitrogen and oxygen atoms in total. The van der Waals surface area contributed by atoms with E-state index < -0.39 is 0 Å². The van der Waals surface area contributed by atoms with E-state index in [-0.39, 0.29) is 5.78 Å². The average Bonchev–Trinajstić information content (AvgIpc) is 2.29. The number of nitrogens with two attached hydrogens (primary N) is 1. The van der Waals surface area contributed by atoms with E-state index in [0.29, 0.717) is 16.8 Å². The molecule has 0 atom stereocenters. The van der Waals surface area contributed by atoms with Gasteiger partial charge in [0.05, 0.1) is 0 Å². The number of carbonyl (C=O) groups is 1. The monoisotopic (exact) mass is 225 g/mol. The molecule has 0 heterocycles. The van der Waals surface area contributed by atoms with Crippen molar-refractivity contribution in [2.75, 3.05) is 5.73 Å². The Morgan fingerprint density at radius 2 is 1.65 bits per heavy atom. The molecule has 2 aromatic rings. The van der Waals surface area contributed by atoms with Gasteiger partial charge in [-0.25, -0.2) is 0 Å². The summed E-state index contributed by atoms with van der Waals surface area (Å²) >= 11 is 0. The molecule has 0 saturated heterocycles. The maximum absolute atomic E-state index is 12.3. The lowest BCUT2D eigenvalue weighted by atomic mass is 9.97. The first-order valence-corrected chi connectivity index (χ1v) is 5.56. The third-order valence-corrected chi connectivity index (χ3v) is 2.85. The average molecular weight is 225 g/mol. The number of benzene rings is 2. The third-order valence-electron chi connectivity index (χ3n) is 2.85. The number of hydrogen-bond donors (Lipinski definition) is 1. The van der Waals surface area contributed by atoms with E-state index in [4.69, 9.17) is 5.73 Å². The van der Waals surface area contributed by atoms with Crippen molar-refractivity contribution in [2.24, 2.45) is 0 Å². The maximum atomic E-state index is 12.3. The maximum Gasteiger partial charge on any atom is 0.195 e. The Balaban J connectivity index is 2.47. The van der Waals surface area contributed by atoms with Gasteiger partial charge in [-0.1, -0.05) is 42.0 Å². The molecule has 0 saturated carbocycles. The molecule has 17 heavy (non-hydrogen) atoms. The zero-order valence-electron chi connectivity index (χ0n) is 10.0. The molecule has 0 aromatic heterocycles. The van der Waals surface area contributed by atoms with Gasteiger partial charge < -0.3 is 5.73 Å². The normalized spacial score (nSPS) is 10.2. The lowest BCUT2D eigenvalue weighted by molar-refractivity contribution is 0.103. The van der Waals surface area contributed by atoms with Crippen LogP contribution >= 0.6 is 0 Å². The van der Waals surface area contributed by atoms with Crippen LogP contribution in [0.5, 0.6) is 0 Å². The van der Waals surface area contributed by atoms with Crippen molar-refractivity contribution in [2.45, 2.75) is 13.8 Å². The fourth-order valence-electron chi connectivity index (χ4n) is 1.85. The van der Waals surface area contributed by atoms with Crippen molar-refractivity contribution in [3.8, 4) is 0 Å². The third kappa shape index (κ3) is 2.21. The minimum atomic E-state index is -0.0133. The topological polar surface area (TPSA) is 43.1 Å². The van der Waals surface area contributed by atoms with Crippen LogP contribution in [0.25, 0.3) is 0 Å². The van der Waals surface area contributed by atoms with Crippen LogP contribution in [0, 0.1) is 13.8 Å². The van der Waals surface area contributed by atoms with Gasteiger partial charge in [0.15, 0.2) is 5.78 Å². The molecular weight excluding hydrogens is 210 g/mol. The van der Waals surface area contributed by atoms with Gasteiger partial charge in [-0.3, -0.25) is 4.79 Å².